The first-order valence-corrected chi connectivity index (χ1v) is 10.8. The van der Waals surface area contributed by atoms with Crippen molar-refractivity contribution < 1.29 is 4.79 Å². The van der Waals surface area contributed by atoms with Crippen LogP contribution in [0.15, 0.2) is 53.6 Å². The van der Waals surface area contributed by atoms with Gasteiger partial charge in [0.25, 0.3) is 0 Å². The Morgan fingerprint density at radius 1 is 1.07 bits per heavy atom. The van der Waals surface area contributed by atoms with Crippen molar-refractivity contribution in [1.29, 1.82) is 0 Å². The van der Waals surface area contributed by atoms with Crippen molar-refractivity contribution in [2.24, 2.45) is 0 Å². The molecule has 0 bridgehead atoms. The van der Waals surface area contributed by atoms with E-state index in [0.717, 1.165) is 47.7 Å². The van der Waals surface area contributed by atoms with Gasteiger partial charge in [0.15, 0.2) is 0 Å². The predicted molar refractivity (Wildman–Crippen MR) is 114 cm³/mol. The summed E-state index contributed by atoms with van der Waals surface area (Å²) in [6.45, 7) is 2.16. The molecule has 4 rings (SSSR count). The number of carbonyl (C=O) groups excluding carboxylic acids is 1. The lowest BCUT2D eigenvalue weighted by molar-refractivity contribution is -0.130. The number of likely N-dealkylation sites (tertiary alicyclic amines) is 1. The Labute approximate surface area is 173 Å². The van der Waals surface area contributed by atoms with E-state index in [2.05, 4.69) is 22.9 Å². The average molecular weight is 419 g/mol. The summed E-state index contributed by atoms with van der Waals surface area (Å²) in [6, 6.07) is 13.8. The highest BCUT2D eigenvalue weighted by Crippen LogP contribution is 2.34. The molecule has 1 aliphatic heterocycles. The summed E-state index contributed by atoms with van der Waals surface area (Å²) in [5.74, 6) is 0.954. The molecule has 0 saturated carbocycles. The van der Waals surface area contributed by atoms with Crippen LogP contribution in [-0.2, 0) is 17.1 Å². The molecule has 3 nitrogen and oxygen atoms in total. The van der Waals surface area contributed by atoms with Crippen LogP contribution >= 0.6 is 35.0 Å². The van der Waals surface area contributed by atoms with E-state index in [-0.39, 0.29) is 5.91 Å². The fourth-order valence-corrected chi connectivity index (χ4v) is 5.11. The van der Waals surface area contributed by atoms with Gasteiger partial charge in [-0.1, -0.05) is 47.5 Å². The number of aromatic nitrogens is 1. The van der Waals surface area contributed by atoms with Crippen molar-refractivity contribution in [1.82, 2.24) is 9.47 Å². The second-order valence-corrected chi connectivity index (χ2v) is 8.61. The maximum absolute atomic E-state index is 12.6. The standard InChI is InChI=1S/C21H20Cl2N2OS/c22-16-8-7-15(18(23)11-16)14-27-20-12-25(19-6-2-1-5-17(19)20)13-21(26)24-9-3-4-10-24/h1-2,5-8,11-12H,3-4,9-10,13-14H2. The van der Waals surface area contributed by atoms with Crippen LogP contribution in [0.25, 0.3) is 10.9 Å². The third kappa shape index (κ3) is 4.13. The van der Waals surface area contributed by atoms with Gasteiger partial charge in [0.1, 0.15) is 6.54 Å². The van der Waals surface area contributed by atoms with Gasteiger partial charge < -0.3 is 9.47 Å². The van der Waals surface area contributed by atoms with Crippen LogP contribution in [0.1, 0.15) is 18.4 Å². The third-order valence-electron chi connectivity index (χ3n) is 4.91. The molecule has 1 fully saturated rings. The molecule has 0 spiro atoms. The van der Waals surface area contributed by atoms with Crippen LogP contribution < -0.4 is 0 Å². The fourth-order valence-electron chi connectivity index (χ4n) is 3.47. The number of halogens is 2. The molecule has 1 aliphatic rings. The summed E-state index contributed by atoms with van der Waals surface area (Å²) in [5, 5.41) is 2.50. The summed E-state index contributed by atoms with van der Waals surface area (Å²) >= 11 is 14.0. The van der Waals surface area contributed by atoms with Crippen molar-refractivity contribution >= 4 is 51.8 Å². The van der Waals surface area contributed by atoms with Gasteiger partial charge in [-0.15, -0.1) is 11.8 Å². The molecule has 0 aliphatic carbocycles. The Kier molecular flexibility index (Phi) is 5.67. The minimum atomic E-state index is 0.200. The van der Waals surface area contributed by atoms with Gasteiger partial charge in [-0.2, -0.15) is 0 Å². The number of benzene rings is 2. The number of rotatable bonds is 5. The van der Waals surface area contributed by atoms with Gasteiger partial charge in [-0.05, 0) is 36.6 Å². The Morgan fingerprint density at radius 2 is 1.85 bits per heavy atom. The zero-order valence-corrected chi connectivity index (χ0v) is 17.2. The maximum Gasteiger partial charge on any atom is 0.242 e. The van der Waals surface area contributed by atoms with Gasteiger partial charge >= 0.3 is 0 Å². The molecule has 0 atom stereocenters. The van der Waals surface area contributed by atoms with Crippen LogP contribution in [0.2, 0.25) is 10.0 Å². The molecule has 6 heteroatoms. The number of para-hydroxylation sites is 1. The van der Waals surface area contributed by atoms with Crippen molar-refractivity contribution in [2.75, 3.05) is 13.1 Å². The molecule has 140 valence electrons. The van der Waals surface area contributed by atoms with Gasteiger partial charge in [0.2, 0.25) is 5.91 Å². The van der Waals surface area contributed by atoms with E-state index < -0.39 is 0 Å². The zero-order chi connectivity index (χ0) is 18.8. The van der Waals surface area contributed by atoms with E-state index in [1.165, 1.54) is 5.39 Å². The first kappa shape index (κ1) is 18.7. The smallest absolute Gasteiger partial charge is 0.242 e. The highest BCUT2D eigenvalue weighted by Gasteiger charge is 2.19. The predicted octanol–water partition coefficient (Wildman–Crippen LogP) is 5.86. The van der Waals surface area contributed by atoms with Crippen LogP contribution in [0.4, 0.5) is 0 Å². The quantitative estimate of drug-likeness (QED) is 0.484. The molecular weight excluding hydrogens is 399 g/mol. The third-order valence-corrected chi connectivity index (χ3v) is 6.59. The van der Waals surface area contributed by atoms with Crippen LogP contribution in [0, 0.1) is 0 Å². The largest absolute Gasteiger partial charge is 0.341 e. The van der Waals surface area contributed by atoms with Crippen LogP contribution in [0.3, 0.4) is 0 Å². The van der Waals surface area contributed by atoms with E-state index in [4.69, 9.17) is 23.2 Å². The van der Waals surface area contributed by atoms with Gasteiger partial charge in [-0.3, -0.25) is 4.79 Å². The van der Waals surface area contributed by atoms with E-state index in [1.807, 2.05) is 29.2 Å². The number of amides is 1. The maximum atomic E-state index is 12.6. The van der Waals surface area contributed by atoms with E-state index in [9.17, 15) is 4.79 Å². The summed E-state index contributed by atoms with van der Waals surface area (Å²) in [6.07, 6.45) is 4.31. The number of fused-ring (bicyclic) bond motifs is 1. The molecule has 1 aromatic heterocycles. The van der Waals surface area contributed by atoms with Crippen molar-refractivity contribution in [2.45, 2.75) is 30.0 Å². The molecule has 3 aromatic rings. The Bertz CT molecular complexity index is 979. The molecule has 27 heavy (non-hydrogen) atoms. The highest BCUT2D eigenvalue weighted by molar-refractivity contribution is 7.98. The Hall–Kier alpha value is -1.62. The van der Waals surface area contributed by atoms with Gasteiger partial charge in [0, 0.05) is 50.9 Å². The fraction of sp³-hybridized carbons (Fsp3) is 0.286. The van der Waals surface area contributed by atoms with E-state index in [0.29, 0.717) is 16.6 Å². The molecule has 2 heterocycles. The number of carbonyl (C=O) groups is 1. The van der Waals surface area contributed by atoms with Crippen LogP contribution in [0.5, 0.6) is 0 Å². The van der Waals surface area contributed by atoms with Crippen LogP contribution in [-0.4, -0.2) is 28.5 Å². The van der Waals surface area contributed by atoms with Crippen molar-refractivity contribution in [3.8, 4) is 0 Å². The van der Waals surface area contributed by atoms with E-state index in [1.54, 1.807) is 17.8 Å². The first-order valence-electron chi connectivity index (χ1n) is 9.04. The minimum Gasteiger partial charge on any atom is -0.341 e. The normalized spacial score (nSPS) is 14.2. The SMILES string of the molecule is O=C(Cn1cc(SCc2ccc(Cl)cc2Cl)c2ccccc21)N1CCCC1. The molecular formula is C21H20Cl2N2OS. The summed E-state index contributed by atoms with van der Waals surface area (Å²) in [4.78, 5) is 15.7. The number of hydrogen-bond donors (Lipinski definition) is 0. The molecule has 1 saturated heterocycles. The lowest BCUT2D eigenvalue weighted by Gasteiger charge is -2.15. The van der Waals surface area contributed by atoms with Crippen molar-refractivity contribution in [3.05, 3.63) is 64.3 Å². The van der Waals surface area contributed by atoms with Gasteiger partial charge in [-0.25, -0.2) is 0 Å². The number of nitrogens with zero attached hydrogens (tertiary/aromatic N) is 2. The second-order valence-electron chi connectivity index (χ2n) is 6.75. The number of hydrogen-bond acceptors (Lipinski definition) is 2. The average Bonchev–Trinajstić information content (AvgIpc) is 3.30. The molecule has 2 aromatic carbocycles. The molecule has 0 radical (unpaired) electrons. The van der Waals surface area contributed by atoms with Gasteiger partial charge in [0.05, 0.1) is 0 Å². The summed E-state index contributed by atoms with van der Waals surface area (Å²) in [5.41, 5.74) is 2.14. The number of thioether (sulfide) groups is 1. The molecule has 0 unspecified atom stereocenters. The second kappa shape index (κ2) is 8.17. The van der Waals surface area contributed by atoms with E-state index >= 15 is 0 Å². The Morgan fingerprint density at radius 3 is 2.63 bits per heavy atom. The molecule has 0 N–H and O–H groups in total. The summed E-state index contributed by atoms with van der Waals surface area (Å²) < 4.78 is 2.07. The summed E-state index contributed by atoms with van der Waals surface area (Å²) in [7, 11) is 0. The van der Waals surface area contributed by atoms with Crippen molar-refractivity contribution in [3.63, 3.8) is 0 Å². The highest BCUT2D eigenvalue weighted by atomic mass is 35.5. The zero-order valence-electron chi connectivity index (χ0n) is 14.8. The Balaban J connectivity index is 1.56. The lowest BCUT2D eigenvalue weighted by Crippen LogP contribution is -2.30. The topological polar surface area (TPSA) is 25.2 Å². The monoisotopic (exact) mass is 418 g/mol. The first-order chi connectivity index (χ1) is 13.1. The minimum absolute atomic E-state index is 0.200. The lowest BCUT2D eigenvalue weighted by atomic mass is 10.2. The molecule has 1 amide bonds.